The number of allylic oxidation sites excluding steroid dienone is 1. The van der Waals surface area contributed by atoms with Crippen LogP contribution in [-0.4, -0.2) is 21.3 Å². The minimum Gasteiger partial charge on any atom is -0.497 e. The number of thiophene rings is 1. The first-order valence-electron chi connectivity index (χ1n) is 8.80. The average Bonchev–Trinajstić information content (AvgIpc) is 3.22. The molecule has 0 spiro atoms. The van der Waals surface area contributed by atoms with Gasteiger partial charge in [-0.15, -0.1) is 11.3 Å². The molecule has 6 nitrogen and oxygen atoms in total. The molecule has 3 aromatic rings. The van der Waals surface area contributed by atoms with Crippen molar-refractivity contribution in [1.29, 1.82) is 0 Å². The third kappa shape index (κ3) is 3.64. The molecule has 0 bridgehead atoms. The first kappa shape index (κ1) is 19.2. The molecule has 1 aliphatic rings. The lowest BCUT2D eigenvalue weighted by molar-refractivity contribution is 0.104. The van der Waals surface area contributed by atoms with Crippen molar-refractivity contribution in [2.75, 3.05) is 16.7 Å². The van der Waals surface area contributed by atoms with Gasteiger partial charge in [-0.05, 0) is 41.3 Å². The van der Waals surface area contributed by atoms with Gasteiger partial charge in [0.25, 0.3) is 10.0 Å². The molecule has 1 N–H and O–H groups in total. The number of benzene rings is 2. The molecule has 0 atom stereocenters. The van der Waals surface area contributed by atoms with Gasteiger partial charge in [0, 0.05) is 11.9 Å². The number of ether oxygens (including phenoxy) is 1. The largest absolute Gasteiger partial charge is 0.497 e. The van der Waals surface area contributed by atoms with E-state index in [4.69, 9.17) is 4.74 Å². The Kier molecular flexibility index (Phi) is 5.12. The number of nitrogens with zero attached hydrogens (tertiary/aromatic N) is 1. The molecule has 148 valence electrons. The summed E-state index contributed by atoms with van der Waals surface area (Å²) in [7, 11) is -2.45. The predicted molar refractivity (Wildman–Crippen MR) is 115 cm³/mol. The molecular formula is C21H18N2O4S2. The zero-order valence-corrected chi connectivity index (χ0v) is 17.2. The van der Waals surface area contributed by atoms with Gasteiger partial charge in [0.2, 0.25) is 5.78 Å². The van der Waals surface area contributed by atoms with E-state index >= 15 is 0 Å². The molecule has 0 fully saturated rings. The Hall–Kier alpha value is -3.10. The fraction of sp³-hybridized carbons (Fsp3) is 0.0952. The summed E-state index contributed by atoms with van der Waals surface area (Å²) in [5, 5.41) is 4.65. The van der Waals surface area contributed by atoms with E-state index in [1.165, 1.54) is 21.8 Å². The van der Waals surface area contributed by atoms with Crippen molar-refractivity contribution in [2.24, 2.45) is 0 Å². The smallest absolute Gasteiger partial charge is 0.270 e. The molecule has 0 saturated carbocycles. The minimum absolute atomic E-state index is 0.153. The van der Waals surface area contributed by atoms with Crippen LogP contribution in [0.2, 0.25) is 0 Å². The summed E-state index contributed by atoms with van der Waals surface area (Å²) in [5.41, 5.74) is 1.91. The molecular weight excluding hydrogens is 408 g/mol. The lowest BCUT2D eigenvalue weighted by atomic mass is 10.2. The Morgan fingerprint density at radius 3 is 2.48 bits per heavy atom. The van der Waals surface area contributed by atoms with Crippen LogP contribution in [0.15, 0.2) is 77.1 Å². The number of sulfonamides is 1. The summed E-state index contributed by atoms with van der Waals surface area (Å²) in [6.07, 6.45) is 1.26. The number of nitrogens with one attached hydrogen (secondary N) is 1. The van der Waals surface area contributed by atoms with Gasteiger partial charge in [-0.2, -0.15) is 0 Å². The van der Waals surface area contributed by atoms with E-state index in [0.717, 1.165) is 5.56 Å². The number of carbonyl (C=O) groups is 1. The molecule has 0 saturated heterocycles. The lowest BCUT2D eigenvalue weighted by Gasteiger charge is -2.29. The zero-order chi connectivity index (χ0) is 20.4. The second kappa shape index (κ2) is 7.73. The number of anilines is 2. The summed E-state index contributed by atoms with van der Waals surface area (Å²) in [6.45, 7) is 0.153. The predicted octanol–water partition coefficient (Wildman–Crippen LogP) is 4.24. The first-order valence-corrected chi connectivity index (χ1v) is 11.1. The molecule has 29 heavy (non-hydrogen) atoms. The van der Waals surface area contributed by atoms with Crippen molar-refractivity contribution >= 4 is 38.5 Å². The number of fused-ring (bicyclic) bond motifs is 1. The average molecular weight is 427 g/mol. The molecule has 1 aliphatic heterocycles. The van der Waals surface area contributed by atoms with Gasteiger partial charge < -0.3 is 10.1 Å². The van der Waals surface area contributed by atoms with E-state index in [9.17, 15) is 13.2 Å². The van der Waals surface area contributed by atoms with Gasteiger partial charge in [0.1, 0.15) is 10.6 Å². The maximum atomic E-state index is 13.3. The maximum Gasteiger partial charge on any atom is 0.270 e. The van der Waals surface area contributed by atoms with Gasteiger partial charge in [0.05, 0.1) is 19.3 Å². The lowest BCUT2D eigenvalue weighted by Crippen LogP contribution is -2.38. The van der Waals surface area contributed by atoms with E-state index in [2.05, 4.69) is 5.32 Å². The molecule has 0 amide bonds. The van der Waals surface area contributed by atoms with E-state index in [1.54, 1.807) is 42.8 Å². The first-order chi connectivity index (χ1) is 14.0. The highest BCUT2D eigenvalue weighted by Crippen LogP contribution is 2.39. The Morgan fingerprint density at radius 2 is 1.79 bits per heavy atom. The Balaban J connectivity index is 1.71. The number of hydrogen-bond donors (Lipinski definition) is 1. The Morgan fingerprint density at radius 1 is 1.07 bits per heavy atom. The highest BCUT2D eigenvalue weighted by atomic mass is 32.2. The molecule has 4 rings (SSSR count). The topological polar surface area (TPSA) is 75.7 Å². The molecule has 8 heteroatoms. The highest BCUT2D eigenvalue weighted by molar-refractivity contribution is 7.97. The van der Waals surface area contributed by atoms with Crippen LogP contribution in [0.25, 0.3) is 0 Å². The molecule has 0 unspecified atom stereocenters. The van der Waals surface area contributed by atoms with Crippen LogP contribution < -0.4 is 14.4 Å². The molecule has 2 heterocycles. The van der Waals surface area contributed by atoms with E-state index < -0.39 is 15.8 Å². The summed E-state index contributed by atoms with van der Waals surface area (Å²) >= 11 is 1.24. The van der Waals surface area contributed by atoms with Gasteiger partial charge in [0.15, 0.2) is 4.91 Å². The fourth-order valence-electron chi connectivity index (χ4n) is 3.04. The van der Waals surface area contributed by atoms with Gasteiger partial charge in [-0.1, -0.05) is 30.3 Å². The number of rotatable bonds is 5. The second-order valence-electron chi connectivity index (χ2n) is 6.34. The molecule has 0 aliphatic carbocycles. The van der Waals surface area contributed by atoms with Crippen LogP contribution in [0.3, 0.4) is 0 Å². The van der Waals surface area contributed by atoms with Crippen molar-refractivity contribution < 1.29 is 17.9 Å². The van der Waals surface area contributed by atoms with Crippen molar-refractivity contribution in [3.05, 3.63) is 87.6 Å². The highest BCUT2D eigenvalue weighted by Gasteiger charge is 2.41. The number of Topliss-reactive ketones (excluding diaryl/α,β-unsaturated/α-hetero) is 1. The third-order valence-corrected chi connectivity index (χ3v) is 7.21. The summed E-state index contributed by atoms with van der Waals surface area (Å²) in [4.78, 5) is 13.0. The standard InChI is InChI=1S/C21H18N2O4S2/c1-27-17-9-7-16(8-10-17)22-13-19-20(24)21-18(11-12-28-21)23(29(19,25)26)14-15-5-3-2-4-6-15/h2-13,22H,14H2,1H3. The van der Waals surface area contributed by atoms with E-state index in [-0.39, 0.29) is 11.4 Å². The SMILES string of the molecule is COc1ccc(NC=C2C(=O)c3sccc3N(Cc3ccccc3)S2(=O)=O)cc1. The second-order valence-corrected chi connectivity index (χ2v) is 9.09. The Bertz CT molecular complexity index is 1170. The minimum atomic E-state index is -4.01. The van der Waals surface area contributed by atoms with E-state index in [1.807, 2.05) is 30.3 Å². The van der Waals surface area contributed by atoms with Gasteiger partial charge in [-0.25, -0.2) is 8.42 Å². The van der Waals surface area contributed by atoms with Crippen LogP contribution >= 0.6 is 11.3 Å². The number of hydrogen-bond acceptors (Lipinski definition) is 6. The van der Waals surface area contributed by atoms with Gasteiger partial charge in [-0.3, -0.25) is 9.10 Å². The van der Waals surface area contributed by atoms with Gasteiger partial charge >= 0.3 is 0 Å². The van der Waals surface area contributed by atoms with Crippen molar-refractivity contribution in [1.82, 2.24) is 0 Å². The van der Waals surface area contributed by atoms with Crippen LogP contribution in [0, 0.1) is 0 Å². The quantitative estimate of drug-likeness (QED) is 0.618. The maximum absolute atomic E-state index is 13.3. The summed E-state index contributed by atoms with van der Waals surface area (Å²) in [5.74, 6) is 0.183. The van der Waals surface area contributed by atoms with Crippen molar-refractivity contribution in [3.8, 4) is 5.75 Å². The number of methoxy groups -OCH3 is 1. The normalized spacial score (nSPS) is 16.5. The monoisotopic (exact) mass is 426 g/mol. The van der Waals surface area contributed by atoms with Crippen molar-refractivity contribution in [3.63, 3.8) is 0 Å². The van der Waals surface area contributed by atoms with Crippen LogP contribution in [0.5, 0.6) is 5.75 Å². The molecule has 1 aromatic heterocycles. The van der Waals surface area contributed by atoms with Crippen molar-refractivity contribution in [2.45, 2.75) is 6.54 Å². The van der Waals surface area contributed by atoms with Crippen LogP contribution in [-0.2, 0) is 16.6 Å². The Labute approximate surface area is 173 Å². The fourth-order valence-corrected chi connectivity index (χ4v) is 5.52. The van der Waals surface area contributed by atoms with E-state index in [0.29, 0.717) is 22.0 Å². The molecule has 0 radical (unpaired) electrons. The summed E-state index contributed by atoms with van der Waals surface area (Å²) in [6, 6.07) is 18.0. The zero-order valence-electron chi connectivity index (χ0n) is 15.5. The van der Waals surface area contributed by atoms with Crippen LogP contribution in [0.4, 0.5) is 11.4 Å². The van der Waals surface area contributed by atoms with Crippen LogP contribution in [0.1, 0.15) is 15.2 Å². The number of carbonyl (C=O) groups excluding carboxylic acids is 1. The molecule has 2 aromatic carbocycles. The summed E-state index contributed by atoms with van der Waals surface area (Å²) < 4.78 is 33.0. The third-order valence-electron chi connectivity index (χ3n) is 4.54. The number of ketones is 1.